The summed E-state index contributed by atoms with van der Waals surface area (Å²) in [4.78, 5) is 0. The summed E-state index contributed by atoms with van der Waals surface area (Å²) in [5.74, 6) is 0.916. The SMILES string of the molecule is Cn1cc(COc2cccc(CNC3CC3)c2)cn1. The van der Waals surface area contributed by atoms with Gasteiger partial charge in [0.15, 0.2) is 0 Å². The van der Waals surface area contributed by atoms with Crippen LogP contribution in [0, 0.1) is 0 Å². The fraction of sp³-hybridized carbons (Fsp3) is 0.400. The predicted octanol–water partition coefficient (Wildman–Crippen LogP) is 2.25. The lowest BCUT2D eigenvalue weighted by Gasteiger charge is -2.07. The van der Waals surface area contributed by atoms with Crippen LogP contribution in [0.1, 0.15) is 24.0 Å². The van der Waals surface area contributed by atoms with Crippen LogP contribution in [-0.4, -0.2) is 15.8 Å². The monoisotopic (exact) mass is 257 g/mol. The Morgan fingerprint density at radius 3 is 3.00 bits per heavy atom. The van der Waals surface area contributed by atoms with Crippen LogP contribution in [0.15, 0.2) is 36.7 Å². The first kappa shape index (κ1) is 12.2. The Hall–Kier alpha value is -1.81. The summed E-state index contributed by atoms with van der Waals surface area (Å²) in [5.41, 5.74) is 2.36. The number of hydrogen-bond donors (Lipinski definition) is 1. The molecule has 1 aliphatic carbocycles. The second kappa shape index (κ2) is 5.45. The lowest BCUT2D eigenvalue weighted by molar-refractivity contribution is 0.305. The zero-order valence-electron chi connectivity index (χ0n) is 11.2. The fourth-order valence-corrected chi connectivity index (χ4v) is 2.01. The van der Waals surface area contributed by atoms with Crippen molar-refractivity contribution in [3.8, 4) is 5.75 Å². The molecule has 1 fully saturated rings. The minimum atomic E-state index is 0.563. The number of aromatic nitrogens is 2. The Balaban J connectivity index is 1.55. The molecule has 0 unspecified atom stereocenters. The maximum Gasteiger partial charge on any atom is 0.120 e. The van der Waals surface area contributed by atoms with Gasteiger partial charge in [-0.2, -0.15) is 5.10 Å². The zero-order chi connectivity index (χ0) is 13.1. The van der Waals surface area contributed by atoms with Gasteiger partial charge in [0, 0.05) is 31.4 Å². The van der Waals surface area contributed by atoms with Gasteiger partial charge in [0.05, 0.1) is 6.20 Å². The molecule has 100 valence electrons. The van der Waals surface area contributed by atoms with Crippen LogP contribution in [0.4, 0.5) is 0 Å². The highest BCUT2D eigenvalue weighted by Gasteiger charge is 2.19. The standard InChI is InChI=1S/C15H19N3O/c1-18-10-13(9-17-18)11-19-15-4-2-3-12(7-15)8-16-14-5-6-14/h2-4,7,9-10,14,16H,5-6,8,11H2,1H3. The maximum atomic E-state index is 5.79. The molecule has 0 radical (unpaired) electrons. The molecule has 0 spiro atoms. The smallest absolute Gasteiger partial charge is 0.120 e. The van der Waals surface area contributed by atoms with Crippen LogP contribution in [0.3, 0.4) is 0 Å². The van der Waals surface area contributed by atoms with E-state index in [1.165, 1.54) is 18.4 Å². The van der Waals surface area contributed by atoms with E-state index in [-0.39, 0.29) is 0 Å². The van der Waals surface area contributed by atoms with Crippen LogP contribution in [0.25, 0.3) is 0 Å². The van der Waals surface area contributed by atoms with Gasteiger partial charge in [-0.1, -0.05) is 12.1 Å². The fourth-order valence-electron chi connectivity index (χ4n) is 2.01. The first-order valence-electron chi connectivity index (χ1n) is 6.72. The van der Waals surface area contributed by atoms with Crippen molar-refractivity contribution in [3.63, 3.8) is 0 Å². The van der Waals surface area contributed by atoms with Gasteiger partial charge in [-0.25, -0.2) is 0 Å². The molecule has 4 nitrogen and oxygen atoms in total. The van der Waals surface area contributed by atoms with Crippen LogP contribution in [0.2, 0.25) is 0 Å². The van der Waals surface area contributed by atoms with E-state index < -0.39 is 0 Å². The second-order valence-corrected chi connectivity index (χ2v) is 5.11. The third kappa shape index (κ3) is 3.58. The third-order valence-corrected chi connectivity index (χ3v) is 3.23. The molecule has 0 saturated heterocycles. The van der Waals surface area contributed by atoms with Crippen molar-refractivity contribution in [2.24, 2.45) is 7.05 Å². The number of nitrogens with zero attached hydrogens (tertiary/aromatic N) is 2. The van der Waals surface area contributed by atoms with Gasteiger partial charge >= 0.3 is 0 Å². The van der Waals surface area contributed by atoms with Crippen LogP contribution < -0.4 is 10.1 Å². The number of nitrogens with one attached hydrogen (secondary N) is 1. The van der Waals surface area contributed by atoms with Crippen molar-refractivity contribution >= 4 is 0 Å². The highest BCUT2D eigenvalue weighted by molar-refractivity contribution is 5.28. The Kier molecular flexibility index (Phi) is 3.51. The molecule has 1 aromatic carbocycles. The normalized spacial score (nSPS) is 14.6. The Labute approximate surface area is 113 Å². The summed E-state index contributed by atoms with van der Waals surface area (Å²) in [7, 11) is 1.91. The molecule has 1 saturated carbocycles. The Morgan fingerprint density at radius 2 is 2.26 bits per heavy atom. The lowest BCUT2D eigenvalue weighted by Crippen LogP contribution is -2.15. The van der Waals surface area contributed by atoms with E-state index in [9.17, 15) is 0 Å². The largest absolute Gasteiger partial charge is 0.489 e. The van der Waals surface area contributed by atoms with Gasteiger partial charge in [-0.15, -0.1) is 0 Å². The van der Waals surface area contributed by atoms with E-state index in [1.807, 2.05) is 31.6 Å². The summed E-state index contributed by atoms with van der Waals surface area (Å²) >= 11 is 0. The number of rotatable bonds is 6. The minimum Gasteiger partial charge on any atom is -0.489 e. The Morgan fingerprint density at radius 1 is 1.37 bits per heavy atom. The molecule has 1 N–H and O–H groups in total. The average molecular weight is 257 g/mol. The van der Waals surface area contributed by atoms with E-state index in [0.717, 1.165) is 23.9 Å². The molecule has 3 rings (SSSR count). The van der Waals surface area contributed by atoms with Gasteiger partial charge in [0.1, 0.15) is 12.4 Å². The van der Waals surface area contributed by atoms with Crippen LogP contribution >= 0.6 is 0 Å². The molecule has 0 atom stereocenters. The van der Waals surface area contributed by atoms with Crippen LogP contribution in [-0.2, 0) is 20.2 Å². The summed E-state index contributed by atoms with van der Waals surface area (Å²) in [5, 5.41) is 7.64. The van der Waals surface area contributed by atoms with Crippen molar-refractivity contribution in [1.29, 1.82) is 0 Å². The van der Waals surface area contributed by atoms with Gasteiger partial charge < -0.3 is 10.1 Å². The van der Waals surface area contributed by atoms with Crippen molar-refractivity contribution in [2.75, 3.05) is 0 Å². The molecule has 4 heteroatoms. The molecular weight excluding hydrogens is 238 g/mol. The molecule has 0 aliphatic heterocycles. The highest BCUT2D eigenvalue weighted by atomic mass is 16.5. The average Bonchev–Trinajstić information content (AvgIpc) is 3.16. The van der Waals surface area contributed by atoms with Gasteiger partial charge in [-0.05, 0) is 30.5 Å². The molecule has 1 aliphatic rings. The molecule has 1 heterocycles. The summed E-state index contributed by atoms with van der Waals surface area (Å²) in [6.07, 6.45) is 6.44. The third-order valence-electron chi connectivity index (χ3n) is 3.23. The lowest BCUT2D eigenvalue weighted by atomic mass is 10.2. The topological polar surface area (TPSA) is 39.1 Å². The minimum absolute atomic E-state index is 0.563. The van der Waals surface area contributed by atoms with Gasteiger partial charge in [0.2, 0.25) is 0 Å². The number of ether oxygens (including phenoxy) is 1. The summed E-state index contributed by atoms with van der Waals surface area (Å²) in [6.45, 7) is 1.49. The van der Waals surface area contributed by atoms with Crippen molar-refractivity contribution in [2.45, 2.75) is 32.0 Å². The quantitative estimate of drug-likeness (QED) is 0.862. The molecule has 0 amide bonds. The first-order valence-corrected chi connectivity index (χ1v) is 6.72. The van der Waals surface area contributed by atoms with Crippen molar-refractivity contribution < 1.29 is 4.74 Å². The van der Waals surface area contributed by atoms with Gasteiger partial charge in [-0.3, -0.25) is 4.68 Å². The molecule has 19 heavy (non-hydrogen) atoms. The van der Waals surface area contributed by atoms with E-state index in [0.29, 0.717) is 6.61 Å². The van der Waals surface area contributed by atoms with E-state index in [1.54, 1.807) is 4.68 Å². The summed E-state index contributed by atoms with van der Waals surface area (Å²) in [6, 6.07) is 9.01. The molecule has 0 bridgehead atoms. The zero-order valence-corrected chi connectivity index (χ0v) is 11.2. The summed E-state index contributed by atoms with van der Waals surface area (Å²) < 4.78 is 7.57. The first-order chi connectivity index (χ1) is 9.29. The van der Waals surface area contributed by atoms with E-state index >= 15 is 0 Å². The van der Waals surface area contributed by atoms with Gasteiger partial charge in [0.25, 0.3) is 0 Å². The Bertz CT molecular complexity index is 546. The highest BCUT2D eigenvalue weighted by Crippen LogP contribution is 2.20. The number of benzene rings is 1. The van der Waals surface area contributed by atoms with E-state index in [4.69, 9.17) is 4.74 Å². The van der Waals surface area contributed by atoms with E-state index in [2.05, 4.69) is 22.5 Å². The second-order valence-electron chi connectivity index (χ2n) is 5.11. The maximum absolute atomic E-state index is 5.79. The number of hydrogen-bond acceptors (Lipinski definition) is 3. The van der Waals surface area contributed by atoms with Crippen molar-refractivity contribution in [1.82, 2.24) is 15.1 Å². The molecular formula is C15H19N3O. The number of aryl methyl sites for hydroxylation is 1. The van der Waals surface area contributed by atoms with Crippen LogP contribution in [0.5, 0.6) is 5.75 Å². The predicted molar refractivity (Wildman–Crippen MR) is 73.8 cm³/mol. The molecule has 1 aromatic heterocycles. The van der Waals surface area contributed by atoms with Crippen molar-refractivity contribution in [3.05, 3.63) is 47.8 Å². The molecule has 2 aromatic rings.